The van der Waals surface area contributed by atoms with E-state index in [9.17, 15) is 33.0 Å². The van der Waals surface area contributed by atoms with Crippen molar-refractivity contribution in [3.63, 3.8) is 0 Å². The van der Waals surface area contributed by atoms with Gasteiger partial charge >= 0.3 is 10.4 Å². The Hall–Kier alpha value is -1.35. The molecule has 0 aromatic carbocycles. The molecule has 2 fully saturated rings. The van der Waals surface area contributed by atoms with Crippen LogP contribution in [0.5, 0.6) is 0 Å². The van der Waals surface area contributed by atoms with Crippen LogP contribution in [0.15, 0.2) is 0 Å². The minimum absolute atomic E-state index is 0.0690. The monoisotopic (exact) mass is 528 g/mol. The summed E-state index contributed by atoms with van der Waals surface area (Å²) in [6, 6.07) is -2.66. The zero-order valence-electron chi connectivity index (χ0n) is 19.5. The molecule has 12 nitrogen and oxygen atoms in total. The van der Waals surface area contributed by atoms with Gasteiger partial charge in [-0.05, 0) is 38.0 Å². The molecule has 0 aromatic rings. The Bertz CT molecular complexity index is 869. The van der Waals surface area contributed by atoms with Crippen LogP contribution in [0.1, 0.15) is 40.0 Å². The van der Waals surface area contributed by atoms with Crippen LogP contribution in [0, 0.1) is 11.8 Å². The average molecular weight is 529 g/mol. The van der Waals surface area contributed by atoms with Crippen molar-refractivity contribution in [1.29, 1.82) is 0 Å². The van der Waals surface area contributed by atoms with E-state index in [1.165, 1.54) is 11.8 Å². The molecule has 8 unspecified atom stereocenters. The Morgan fingerprint density at radius 3 is 2.24 bits per heavy atom. The first-order chi connectivity index (χ1) is 15.7. The highest BCUT2D eigenvalue weighted by Crippen LogP contribution is 2.41. The van der Waals surface area contributed by atoms with Gasteiger partial charge in [-0.1, -0.05) is 13.8 Å². The quantitative estimate of drug-likeness (QED) is 0.208. The van der Waals surface area contributed by atoms with Crippen LogP contribution in [-0.4, -0.2) is 101 Å². The van der Waals surface area contributed by atoms with Gasteiger partial charge in [0.25, 0.3) is 5.91 Å². The predicted octanol–water partition coefficient (Wildman–Crippen LogP) is -0.741. The van der Waals surface area contributed by atoms with Crippen molar-refractivity contribution >= 4 is 39.6 Å². The van der Waals surface area contributed by atoms with Gasteiger partial charge in [-0.15, -0.1) is 11.6 Å². The smallest absolute Gasteiger partial charge is 0.390 e. The molecule has 1 saturated carbocycles. The van der Waals surface area contributed by atoms with E-state index in [-0.39, 0.29) is 30.5 Å². The Kier molecular flexibility index (Phi) is 9.85. The van der Waals surface area contributed by atoms with Crippen LogP contribution < -0.4 is 5.32 Å². The molecule has 14 heteroatoms. The molecular weight excluding hydrogens is 496 g/mol. The van der Waals surface area contributed by atoms with E-state index in [0.717, 1.165) is 7.11 Å². The largest absolute Gasteiger partial charge is 0.397 e. The van der Waals surface area contributed by atoms with Gasteiger partial charge in [-0.3, -0.25) is 18.9 Å². The molecule has 1 saturated heterocycles. The van der Waals surface area contributed by atoms with Crippen molar-refractivity contribution in [3.05, 3.63) is 0 Å². The number of hydrogen-bond acceptors (Lipinski definition) is 9. The highest BCUT2D eigenvalue weighted by Gasteiger charge is 2.52. The lowest BCUT2D eigenvalue weighted by atomic mass is 9.81. The first-order valence-corrected chi connectivity index (χ1v) is 12.8. The molecular formula is C20H33ClN2O10S. The van der Waals surface area contributed by atoms with E-state index >= 15 is 0 Å². The molecule has 2 amide bonds. The maximum atomic E-state index is 13.7. The number of halogens is 1. The Balaban J connectivity index is 2.32. The fraction of sp³-hybridized carbons (Fsp3) is 0.850. The molecule has 196 valence electrons. The first-order valence-electron chi connectivity index (χ1n) is 11.0. The third kappa shape index (κ3) is 6.86. The second kappa shape index (κ2) is 11.6. The fourth-order valence-electron chi connectivity index (χ4n) is 4.59. The number of amides is 2. The van der Waals surface area contributed by atoms with E-state index in [2.05, 4.69) is 9.50 Å². The normalized spacial score (nSPS) is 29.9. The number of fused-ring (bicyclic) bond motifs is 1. The SMILES string of the molecule is COC(COS(=O)(=O)O)C(=O)NC(C(=O)N1C(C(C)=O)CC2CC(O)C(O)CC21)C(Cl)C(C)C. The van der Waals surface area contributed by atoms with Crippen LogP contribution in [0.3, 0.4) is 0 Å². The molecule has 0 radical (unpaired) electrons. The minimum Gasteiger partial charge on any atom is -0.390 e. The van der Waals surface area contributed by atoms with Crippen molar-refractivity contribution in [2.45, 2.75) is 81.8 Å². The Morgan fingerprint density at radius 1 is 1.15 bits per heavy atom. The molecule has 1 aliphatic heterocycles. The Morgan fingerprint density at radius 2 is 1.74 bits per heavy atom. The molecule has 0 spiro atoms. The van der Waals surface area contributed by atoms with E-state index < -0.39 is 70.6 Å². The summed E-state index contributed by atoms with van der Waals surface area (Å²) >= 11 is 6.51. The number of hydrogen-bond donors (Lipinski definition) is 4. The van der Waals surface area contributed by atoms with Gasteiger partial charge in [0, 0.05) is 13.2 Å². The van der Waals surface area contributed by atoms with E-state index in [4.69, 9.17) is 20.9 Å². The average Bonchev–Trinajstić information content (AvgIpc) is 3.09. The summed E-state index contributed by atoms with van der Waals surface area (Å²) in [7, 11) is -3.72. The lowest BCUT2D eigenvalue weighted by molar-refractivity contribution is -0.146. The van der Waals surface area contributed by atoms with Crippen LogP contribution in [-0.2, 0) is 33.7 Å². The molecule has 8 atom stereocenters. The van der Waals surface area contributed by atoms with E-state index in [0.29, 0.717) is 6.42 Å². The molecule has 1 heterocycles. The standard InChI is InChI=1S/C20H33ClN2O10S/c1-9(2)17(21)18(22-19(27)16(32-4)8-33-34(29,30)31)20(28)23-12(10(3)24)5-11-6-14(25)15(26)7-13(11)23/h9,11-18,25-26H,5-8H2,1-4H3,(H,22,27)(H,29,30,31). The highest BCUT2D eigenvalue weighted by atomic mass is 35.5. The summed E-state index contributed by atoms with van der Waals surface area (Å²) in [4.78, 5) is 40.3. The molecule has 2 rings (SSSR count). The number of carbonyl (C=O) groups excluding carboxylic acids is 3. The van der Waals surface area contributed by atoms with E-state index in [1.54, 1.807) is 13.8 Å². The summed E-state index contributed by atoms with van der Waals surface area (Å²) in [6.45, 7) is 3.97. The number of carbonyl (C=O) groups is 3. The number of likely N-dealkylation sites (tertiary alicyclic amines) is 1. The zero-order chi connectivity index (χ0) is 26.0. The predicted molar refractivity (Wildman–Crippen MR) is 119 cm³/mol. The number of aliphatic hydroxyl groups is 2. The van der Waals surface area contributed by atoms with Crippen LogP contribution >= 0.6 is 11.6 Å². The van der Waals surface area contributed by atoms with E-state index in [1.807, 2.05) is 0 Å². The number of aliphatic hydroxyl groups excluding tert-OH is 2. The molecule has 4 N–H and O–H groups in total. The number of ketones is 1. The summed E-state index contributed by atoms with van der Waals surface area (Å²) in [5.41, 5.74) is 0. The maximum Gasteiger partial charge on any atom is 0.397 e. The summed E-state index contributed by atoms with van der Waals surface area (Å²) in [6.07, 6.45) is -2.91. The second-order valence-corrected chi connectivity index (χ2v) is 10.7. The number of ether oxygens (including phenoxy) is 1. The Labute approximate surface area is 203 Å². The molecule has 0 bridgehead atoms. The van der Waals surface area contributed by atoms with Crippen LogP contribution in [0.2, 0.25) is 0 Å². The van der Waals surface area contributed by atoms with Gasteiger partial charge < -0.3 is 25.2 Å². The molecule has 34 heavy (non-hydrogen) atoms. The number of nitrogens with zero attached hydrogens (tertiary/aromatic N) is 1. The van der Waals surface area contributed by atoms with Gasteiger partial charge in [-0.25, -0.2) is 4.18 Å². The lowest BCUT2D eigenvalue weighted by Gasteiger charge is -2.40. The first kappa shape index (κ1) is 28.9. The summed E-state index contributed by atoms with van der Waals surface area (Å²) in [5.74, 6) is -2.33. The van der Waals surface area contributed by atoms with Crippen LogP contribution in [0.25, 0.3) is 0 Å². The third-order valence-corrected chi connectivity index (χ3v) is 7.61. The number of Topliss-reactive ketones (excluding diaryl/α,β-unsaturated/α-hetero) is 1. The number of nitrogens with one attached hydrogen (secondary N) is 1. The van der Waals surface area contributed by atoms with Crippen molar-refractivity contribution in [2.75, 3.05) is 13.7 Å². The van der Waals surface area contributed by atoms with Gasteiger partial charge in [0.1, 0.15) is 12.6 Å². The van der Waals surface area contributed by atoms with Gasteiger partial charge in [0.2, 0.25) is 5.91 Å². The highest BCUT2D eigenvalue weighted by molar-refractivity contribution is 7.80. The zero-order valence-corrected chi connectivity index (χ0v) is 21.0. The number of alkyl halides is 1. The summed E-state index contributed by atoms with van der Waals surface area (Å²) in [5, 5.41) is 21.8. The van der Waals surface area contributed by atoms with Gasteiger partial charge in [0.05, 0.1) is 23.6 Å². The fourth-order valence-corrected chi connectivity index (χ4v) is 5.06. The second-order valence-electron chi connectivity index (χ2n) is 9.15. The topological polar surface area (TPSA) is 180 Å². The van der Waals surface area contributed by atoms with Gasteiger partial charge in [0.15, 0.2) is 11.9 Å². The number of methoxy groups -OCH3 is 1. The summed E-state index contributed by atoms with van der Waals surface area (Å²) < 4.78 is 39.6. The van der Waals surface area contributed by atoms with Crippen LogP contribution in [0.4, 0.5) is 0 Å². The lowest BCUT2D eigenvalue weighted by Crippen LogP contribution is -2.60. The number of rotatable bonds is 10. The van der Waals surface area contributed by atoms with Crippen molar-refractivity contribution < 1.29 is 46.5 Å². The maximum absolute atomic E-state index is 13.7. The molecule has 1 aliphatic carbocycles. The van der Waals surface area contributed by atoms with Crippen molar-refractivity contribution in [3.8, 4) is 0 Å². The molecule has 2 aliphatic rings. The van der Waals surface area contributed by atoms with Crippen molar-refractivity contribution in [2.24, 2.45) is 11.8 Å². The third-order valence-electron chi connectivity index (χ3n) is 6.42. The van der Waals surface area contributed by atoms with Crippen molar-refractivity contribution in [1.82, 2.24) is 10.2 Å². The molecule has 0 aromatic heterocycles. The van der Waals surface area contributed by atoms with Gasteiger partial charge in [-0.2, -0.15) is 8.42 Å². The minimum atomic E-state index is -4.83.